The predicted octanol–water partition coefficient (Wildman–Crippen LogP) is 4.68. The zero-order chi connectivity index (χ0) is 18.4. The Morgan fingerprint density at radius 3 is 2.41 bits per heavy atom. The van der Waals surface area contributed by atoms with E-state index in [1.54, 1.807) is 5.57 Å². The Kier molecular flexibility index (Phi) is 8.65. The Morgan fingerprint density at radius 1 is 1.22 bits per heavy atom. The topological polar surface area (TPSA) is 32.8 Å². The molecule has 1 aromatic carbocycles. The normalized spacial score (nSPS) is 18.7. The number of carbonyl (C=O) groups excluding carboxylic acids is 1. The van der Waals surface area contributed by atoms with E-state index in [1.165, 1.54) is 18.4 Å². The van der Waals surface area contributed by atoms with E-state index in [4.69, 9.17) is 4.74 Å². The highest BCUT2D eigenvalue weighted by molar-refractivity contribution is 5.85. The molecule has 150 valence electrons. The van der Waals surface area contributed by atoms with E-state index in [-0.39, 0.29) is 18.5 Å². The van der Waals surface area contributed by atoms with Crippen LogP contribution in [0.15, 0.2) is 42.0 Å². The van der Waals surface area contributed by atoms with Crippen molar-refractivity contribution in [3.05, 3.63) is 47.5 Å². The Hall–Kier alpha value is -1.52. The predicted molar refractivity (Wildman–Crippen MR) is 112 cm³/mol. The minimum Gasteiger partial charge on any atom is -0.450 e. The first-order valence-electron chi connectivity index (χ1n) is 10.1. The van der Waals surface area contributed by atoms with Crippen LogP contribution in [0, 0.1) is 0 Å². The van der Waals surface area contributed by atoms with Crippen molar-refractivity contribution < 1.29 is 9.53 Å². The van der Waals surface area contributed by atoms with Gasteiger partial charge in [0.1, 0.15) is 0 Å². The molecular weight excluding hydrogens is 360 g/mol. The lowest BCUT2D eigenvalue weighted by Gasteiger charge is -2.42. The molecule has 0 spiro atoms. The number of carbonyl (C=O) groups is 1. The number of piperidine rings is 1. The zero-order valence-electron chi connectivity index (χ0n) is 16.6. The van der Waals surface area contributed by atoms with E-state index < -0.39 is 0 Å². The minimum absolute atomic E-state index is 0. The molecule has 1 saturated heterocycles. The highest BCUT2D eigenvalue weighted by Gasteiger charge is 2.32. The molecule has 4 nitrogen and oxygen atoms in total. The average molecular weight is 393 g/mol. The van der Waals surface area contributed by atoms with Gasteiger partial charge in [-0.05, 0) is 51.5 Å². The SMILES string of the molecule is CCOC(=O)N(CC)C1CCN(C(Cc2ccccc2)C2=CCC2)CC1.Cl. The fourth-order valence-electron chi connectivity index (χ4n) is 4.20. The lowest BCUT2D eigenvalue weighted by atomic mass is 9.86. The van der Waals surface area contributed by atoms with Gasteiger partial charge in [0.05, 0.1) is 6.61 Å². The van der Waals surface area contributed by atoms with Gasteiger partial charge in [-0.3, -0.25) is 4.90 Å². The van der Waals surface area contributed by atoms with E-state index in [0.29, 0.717) is 18.7 Å². The van der Waals surface area contributed by atoms with E-state index >= 15 is 0 Å². The van der Waals surface area contributed by atoms with Crippen molar-refractivity contribution in [2.75, 3.05) is 26.2 Å². The molecule has 1 atom stereocenters. The van der Waals surface area contributed by atoms with Crippen LogP contribution in [-0.4, -0.2) is 54.2 Å². The molecule has 0 aromatic heterocycles. The van der Waals surface area contributed by atoms with Gasteiger partial charge in [0, 0.05) is 31.7 Å². The number of ether oxygens (including phenoxy) is 1. The number of rotatable bonds is 7. The van der Waals surface area contributed by atoms with Crippen molar-refractivity contribution in [1.82, 2.24) is 9.80 Å². The number of hydrogen-bond donors (Lipinski definition) is 0. The van der Waals surface area contributed by atoms with E-state index in [2.05, 4.69) is 41.3 Å². The molecule has 27 heavy (non-hydrogen) atoms. The van der Waals surface area contributed by atoms with E-state index in [9.17, 15) is 4.79 Å². The summed E-state index contributed by atoms with van der Waals surface area (Å²) in [6.45, 7) is 7.18. The maximum Gasteiger partial charge on any atom is 0.409 e. The van der Waals surface area contributed by atoms with Crippen LogP contribution >= 0.6 is 12.4 Å². The molecule has 0 radical (unpaired) electrons. The lowest BCUT2D eigenvalue weighted by molar-refractivity contribution is 0.0639. The molecule has 1 aliphatic carbocycles. The van der Waals surface area contributed by atoms with Crippen molar-refractivity contribution >= 4 is 18.5 Å². The number of halogens is 1. The van der Waals surface area contributed by atoms with Gasteiger partial charge in [0.2, 0.25) is 0 Å². The maximum absolute atomic E-state index is 12.2. The molecule has 3 rings (SSSR count). The van der Waals surface area contributed by atoms with Gasteiger partial charge in [-0.1, -0.05) is 42.0 Å². The summed E-state index contributed by atoms with van der Waals surface area (Å²) in [6, 6.07) is 11.6. The van der Waals surface area contributed by atoms with Crippen LogP contribution in [-0.2, 0) is 11.2 Å². The van der Waals surface area contributed by atoms with Crippen molar-refractivity contribution in [3.8, 4) is 0 Å². The van der Waals surface area contributed by atoms with Gasteiger partial charge in [-0.2, -0.15) is 0 Å². The summed E-state index contributed by atoms with van der Waals surface area (Å²) in [5.74, 6) is 0. The molecule has 0 N–H and O–H groups in total. The second-order valence-electron chi connectivity index (χ2n) is 7.28. The van der Waals surface area contributed by atoms with Crippen LogP contribution in [0.1, 0.15) is 45.1 Å². The molecule has 1 unspecified atom stereocenters. The Bertz CT molecular complexity index is 612. The summed E-state index contributed by atoms with van der Waals surface area (Å²) >= 11 is 0. The number of benzene rings is 1. The number of nitrogens with zero attached hydrogens (tertiary/aromatic N) is 2. The summed E-state index contributed by atoms with van der Waals surface area (Å²) in [5.41, 5.74) is 3.01. The standard InChI is InChI=1S/C22H32N2O2.ClH/c1-3-24(22(25)26-4-2)20-13-15-23(16-14-20)21(19-11-8-12-19)17-18-9-6-5-7-10-18;/h5-7,9-11,20-21H,3-4,8,12-17H2,1-2H3;1H. The van der Waals surface area contributed by atoms with Gasteiger partial charge >= 0.3 is 6.09 Å². The summed E-state index contributed by atoms with van der Waals surface area (Å²) in [6.07, 6.45) is 7.88. The summed E-state index contributed by atoms with van der Waals surface area (Å²) < 4.78 is 5.23. The molecule has 2 aliphatic rings. The summed E-state index contributed by atoms with van der Waals surface area (Å²) in [4.78, 5) is 16.7. The first-order valence-corrected chi connectivity index (χ1v) is 10.1. The lowest BCUT2D eigenvalue weighted by Crippen LogP contribution is -2.51. The first-order chi connectivity index (χ1) is 12.7. The maximum atomic E-state index is 12.2. The number of likely N-dealkylation sites (tertiary alicyclic amines) is 1. The molecule has 1 aliphatic heterocycles. The van der Waals surface area contributed by atoms with Gasteiger partial charge in [0.25, 0.3) is 0 Å². The number of hydrogen-bond acceptors (Lipinski definition) is 3. The minimum atomic E-state index is -0.156. The molecule has 1 aromatic rings. The zero-order valence-corrected chi connectivity index (χ0v) is 17.4. The average Bonchev–Trinajstić information content (AvgIpc) is 2.62. The summed E-state index contributed by atoms with van der Waals surface area (Å²) in [7, 11) is 0. The third-order valence-electron chi connectivity index (χ3n) is 5.76. The third kappa shape index (κ3) is 5.49. The highest BCUT2D eigenvalue weighted by atomic mass is 35.5. The highest BCUT2D eigenvalue weighted by Crippen LogP contribution is 2.30. The van der Waals surface area contributed by atoms with Crippen LogP contribution in [0.2, 0.25) is 0 Å². The molecular formula is C22H33ClN2O2. The molecule has 0 saturated carbocycles. The number of amides is 1. The first kappa shape index (κ1) is 21.8. The second-order valence-corrected chi connectivity index (χ2v) is 7.28. The largest absolute Gasteiger partial charge is 0.450 e. The smallest absolute Gasteiger partial charge is 0.409 e. The quantitative estimate of drug-likeness (QED) is 0.631. The van der Waals surface area contributed by atoms with Gasteiger partial charge in [-0.15, -0.1) is 12.4 Å². The molecule has 1 amide bonds. The fraction of sp³-hybridized carbons (Fsp3) is 0.591. The monoisotopic (exact) mass is 392 g/mol. The second kappa shape index (κ2) is 10.7. The molecule has 1 heterocycles. The Labute approximate surface area is 170 Å². The molecule has 5 heteroatoms. The van der Waals surface area contributed by atoms with Crippen LogP contribution < -0.4 is 0 Å². The van der Waals surface area contributed by atoms with E-state index in [1.807, 2.05) is 18.7 Å². The van der Waals surface area contributed by atoms with Crippen molar-refractivity contribution in [1.29, 1.82) is 0 Å². The van der Waals surface area contributed by atoms with Crippen molar-refractivity contribution in [3.63, 3.8) is 0 Å². The molecule has 1 fully saturated rings. The Morgan fingerprint density at radius 2 is 1.89 bits per heavy atom. The van der Waals surface area contributed by atoms with Crippen LogP contribution in [0.5, 0.6) is 0 Å². The van der Waals surface area contributed by atoms with Crippen molar-refractivity contribution in [2.24, 2.45) is 0 Å². The van der Waals surface area contributed by atoms with Gasteiger partial charge < -0.3 is 9.64 Å². The van der Waals surface area contributed by atoms with Gasteiger partial charge in [-0.25, -0.2) is 4.79 Å². The number of allylic oxidation sites excluding steroid dienone is 1. The summed E-state index contributed by atoms with van der Waals surface area (Å²) in [5, 5.41) is 0. The van der Waals surface area contributed by atoms with Gasteiger partial charge in [0.15, 0.2) is 0 Å². The van der Waals surface area contributed by atoms with E-state index in [0.717, 1.165) is 38.9 Å². The fourth-order valence-corrected chi connectivity index (χ4v) is 4.20. The van der Waals surface area contributed by atoms with Crippen molar-refractivity contribution in [2.45, 2.75) is 58.0 Å². The Balaban J connectivity index is 0.00000261. The van der Waals surface area contributed by atoms with Crippen LogP contribution in [0.25, 0.3) is 0 Å². The third-order valence-corrected chi connectivity index (χ3v) is 5.76. The van der Waals surface area contributed by atoms with Crippen LogP contribution in [0.4, 0.5) is 4.79 Å². The molecule has 0 bridgehead atoms. The van der Waals surface area contributed by atoms with Crippen LogP contribution in [0.3, 0.4) is 0 Å².